The molecular weight excluding hydrogens is 220 g/mol. The Bertz CT molecular complexity index is 381. The monoisotopic (exact) mass is 242 g/mol. The number of benzene rings is 1. The summed E-state index contributed by atoms with van der Waals surface area (Å²) in [6.07, 6.45) is 7.21. The molecule has 0 radical (unpaired) electrons. The van der Waals surface area contributed by atoms with Gasteiger partial charge in [-0.1, -0.05) is 30.4 Å². The van der Waals surface area contributed by atoms with Crippen molar-refractivity contribution in [3.05, 3.63) is 55.6 Å². The lowest BCUT2D eigenvalue weighted by molar-refractivity contribution is 0.474. The minimum absolute atomic E-state index is 0.174. The first-order valence-electron chi connectivity index (χ1n) is 6.47. The van der Waals surface area contributed by atoms with Gasteiger partial charge in [-0.05, 0) is 38.3 Å². The lowest BCUT2D eigenvalue weighted by Gasteiger charge is -2.15. The van der Waals surface area contributed by atoms with Crippen molar-refractivity contribution in [2.24, 2.45) is 16.1 Å². The second-order valence-corrected chi connectivity index (χ2v) is 4.41. The van der Waals surface area contributed by atoms with Gasteiger partial charge in [0.15, 0.2) is 0 Å². The first-order chi connectivity index (χ1) is 8.77. The summed E-state index contributed by atoms with van der Waals surface area (Å²) in [5.74, 6) is 0.386. The average molecular weight is 242 g/mol. The summed E-state index contributed by atoms with van der Waals surface area (Å²) in [6, 6.07) is 9.99. The molecule has 0 fully saturated rings. The molecule has 0 spiro atoms. The Kier molecular flexibility index (Phi) is 6.70. The van der Waals surface area contributed by atoms with Gasteiger partial charge >= 0.3 is 0 Å². The first kappa shape index (κ1) is 14.4. The number of unbranched alkanes of at least 4 members (excludes halogenated alkanes) is 1. The Morgan fingerprint density at radius 1 is 1.22 bits per heavy atom. The van der Waals surface area contributed by atoms with Crippen molar-refractivity contribution >= 4 is 5.69 Å². The van der Waals surface area contributed by atoms with E-state index in [1.54, 1.807) is 0 Å². The summed E-state index contributed by atoms with van der Waals surface area (Å²) in [5.41, 5.74) is 0.901. The molecule has 0 saturated heterocycles. The predicted octanol–water partition coefficient (Wildman–Crippen LogP) is 5.32. The number of hydrogen-bond acceptors (Lipinski definition) is 2. The lowest BCUT2D eigenvalue weighted by atomic mass is 9.95. The Morgan fingerprint density at radius 2 is 1.94 bits per heavy atom. The number of allylic oxidation sites excluding steroid dienone is 1. The van der Waals surface area contributed by atoms with Crippen LogP contribution in [0.2, 0.25) is 0 Å². The lowest BCUT2D eigenvalue weighted by Crippen LogP contribution is -2.11. The van der Waals surface area contributed by atoms with Crippen LogP contribution in [0.25, 0.3) is 0 Å². The summed E-state index contributed by atoms with van der Waals surface area (Å²) in [7, 11) is 0. The molecule has 18 heavy (non-hydrogen) atoms. The number of rotatable bonds is 8. The van der Waals surface area contributed by atoms with E-state index < -0.39 is 0 Å². The molecule has 0 saturated carbocycles. The second-order valence-electron chi connectivity index (χ2n) is 4.41. The van der Waals surface area contributed by atoms with Crippen molar-refractivity contribution in [3.8, 4) is 0 Å². The van der Waals surface area contributed by atoms with E-state index in [1.807, 2.05) is 42.5 Å². The highest BCUT2D eigenvalue weighted by atomic mass is 15.1. The van der Waals surface area contributed by atoms with E-state index in [9.17, 15) is 0 Å². The predicted molar refractivity (Wildman–Crippen MR) is 78.2 cm³/mol. The summed E-state index contributed by atoms with van der Waals surface area (Å²) >= 11 is 0. The molecule has 2 atom stereocenters. The summed E-state index contributed by atoms with van der Waals surface area (Å²) in [4.78, 5) is 0. The third-order valence-electron chi connectivity index (χ3n) is 2.98. The molecule has 1 rings (SSSR count). The zero-order valence-corrected chi connectivity index (χ0v) is 11.1. The van der Waals surface area contributed by atoms with Crippen LogP contribution in [-0.2, 0) is 0 Å². The van der Waals surface area contributed by atoms with E-state index in [-0.39, 0.29) is 6.04 Å². The third-order valence-corrected chi connectivity index (χ3v) is 2.98. The molecule has 0 amide bonds. The molecule has 2 heteroatoms. The standard InChI is InChI=1S/C16H22N2/c1-4-6-8-11-15(5-2)14(3)17-18-16-12-9-7-10-13-16/h4-5,7,9-10,12-15H,1-2,6,8,11H2,3H3. The fraction of sp³-hybridized carbons (Fsp3) is 0.375. The van der Waals surface area contributed by atoms with Gasteiger partial charge in [-0.3, -0.25) is 0 Å². The minimum atomic E-state index is 0.174. The molecule has 0 bridgehead atoms. The van der Waals surface area contributed by atoms with Gasteiger partial charge in [0.25, 0.3) is 0 Å². The molecule has 0 heterocycles. The van der Waals surface area contributed by atoms with E-state index in [1.165, 1.54) is 0 Å². The Labute approximate surface area is 110 Å². The van der Waals surface area contributed by atoms with Crippen LogP contribution >= 0.6 is 0 Å². The first-order valence-corrected chi connectivity index (χ1v) is 6.47. The van der Waals surface area contributed by atoms with Crippen LogP contribution in [0, 0.1) is 5.92 Å². The minimum Gasteiger partial charge on any atom is -0.185 e. The number of hydrogen-bond donors (Lipinski definition) is 0. The van der Waals surface area contributed by atoms with E-state index in [0.29, 0.717) is 5.92 Å². The molecule has 1 aromatic rings. The van der Waals surface area contributed by atoms with Crippen molar-refractivity contribution < 1.29 is 0 Å². The molecule has 1 aromatic carbocycles. The van der Waals surface area contributed by atoms with Gasteiger partial charge in [0.1, 0.15) is 0 Å². The maximum atomic E-state index is 4.37. The maximum Gasteiger partial charge on any atom is 0.0852 e. The molecule has 0 aromatic heterocycles. The van der Waals surface area contributed by atoms with Gasteiger partial charge < -0.3 is 0 Å². The van der Waals surface area contributed by atoms with Gasteiger partial charge in [-0.25, -0.2) is 0 Å². The Morgan fingerprint density at radius 3 is 2.56 bits per heavy atom. The fourth-order valence-electron chi connectivity index (χ4n) is 1.79. The van der Waals surface area contributed by atoms with Crippen LogP contribution in [0.4, 0.5) is 5.69 Å². The van der Waals surface area contributed by atoms with Crippen molar-refractivity contribution in [2.45, 2.75) is 32.2 Å². The van der Waals surface area contributed by atoms with Crippen molar-refractivity contribution in [3.63, 3.8) is 0 Å². The number of azo groups is 1. The van der Waals surface area contributed by atoms with Crippen molar-refractivity contribution in [2.75, 3.05) is 0 Å². The van der Waals surface area contributed by atoms with Gasteiger partial charge in [0.05, 0.1) is 11.7 Å². The Balaban J connectivity index is 2.51. The van der Waals surface area contributed by atoms with E-state index >= 15 is 0 Å². The summed E-state index contributed by atoms with van der Waals surface area (Å²) in [6.45, 7) is 9.71. The van der Waals surface area contributed by atoms with E-state index in [4.69, 9.17) is 0 Å². The van der Waals surface area contributed by atoms with Gasteiger partial charge in [0.2, 0.25) is 0 Å². The van der Waals surface area contributed by atoms with Crippen LogP contribution < -0.4 is 0 Å². The van der Waals surface area contributed by atoms with E-state index in [0.717, 1.165) is 24.9 Å². The molecule has 96 valence electrons. The highest BCUT2D eigenvalue weighted by Crippen LogP contribution is 2.19. The molecule has 0 aliphatic heterocycles. The second kappa shape index (κ2) is 8.40. The van der Waals surface area contributed by atoms with Gasteiger partial charge in [-0.2, -0.15) is 10.2 Å². The van der Waals surface area contributed by atoms with Crippen LogP contribution in [0.1, 0.15) is 26.2 Å². The third kappa shape index (κ3) is 5.09. The fourth-order valence-corrected chi connectivity index (χ4v) is 1.79. The zero-order valence-electron chi connectivity index (χ0n) is 11.1. The molecule has 2 nitrogen and oxygen atoms in total. The molecular formula is C16H22N2. The van der Waals surface area contributed by atoms with Crippen LogP contribution in [0.5, 0.6) is 0 Å². The van der Waals surface area contributed by atoms with Gasteiger partial charge in [0, 0.05) is 5.92 Å². The molecule has 0 N–H and O–H groups in total. The SMILES string of the molecule is C=CCCCC(C=C)C(C)N=Nc1ccccc1. The molecule has 0 aliphatic carbocycles. The van der Waals surface area contributed by atoms with Gasteiger partial charge in [-0.15, -0.1) is 13.2 Å². The van der Waals surface area contributed by atoms with Crippen LogP contribution in [0.15, 0.2) is 65.9 Å². The molecule has 2 unspecified atom stereocenters. The smallest absolute Gasteiger partial charge is 0.0852 e. The largest absolute Gasteiger partial charge is 0.185 e. The summed E-state index contributed by atoms with van der Waals surface area (Å²) in [5, 5.41) is 8.63. The van der Waals surface area contributed by atoms with Crippen LogP contribution in [0.3, 0.4) is 0 Å². The average Bonchev–Trinajstić information content (AvgIpc) is 2.42. The normalized spacial score (nSPS) is 14.3. The highest BCUT2D eigenvalue weighted by molar-refractivity contribution is 5.34. The van der Waals surface area contributed by atoms with Crippen molar-refractivity contribution in [1.29, 1.82) is 0 Å². The maximum absolute atomic E-state index is 4.37. The highest BCUT2D eigenvalue weighted by Gasteiger charge is 2.12. The zero-order chi connectivity index (χ0) is 13.2. The van der Waals surface area contributed by atoms with Crippen molar-refractivity contribution in [1.82, 2.24) is 0 Å². The quantitative estimate of drug-likeness (QED) is 0.335. The summed E-state index contributed by atoms with van der Waals surface area (Å²) < 4.78 is 0. The Hall–Kier alpha value is -1.70. The topological polar surface area (TPSA) is 24.7 Å². The number of nitrogens with zero attached hydrogens (tertiary/aromatic N) is 2. The van der Waals surface area contributed by atoms with E-state index in [2.05, 4.69) is 30.3 Å². The van der Waals surface area contributed by atoms with Crippen LogP contribution in [-0.4, -0.2) is 6.04 Å². The molecule has 0 aliphatic rings.